The largest absolute Gasteiger partial charge is 0.337 e. The lowest BCUT2D eigenvalue weighted by Crippen LogP contribution is -2.36. The number of carbonyl (C=O) groups is 1. The van der Waals surface area contributed by atoms with E-state index in [4.69, 9.17) is 0 Å². The highest BCUT2D eigenvalue weighted by Gasteiger charge is 2.36. The van der Waals surface area contributed by atoms with Gasteiger partial charge in [0.25, 0.3) is 5.91 Å². The molecule has 1 fully saturated rings. The third kappa shape index (κ3) is 3.58. The first kappa shape index (κ1) is 16.3. The molecule has 116 valence electrons. The number of hydrogen-bond donors (Lipinski definition) is 0. The molecular weight excluding hydrogens is 282 g/mol. The van der Waals surface area contributed by atoms with E-state index in [2.05, 4.69) is 30.9 Å². The Balaban J connectivity index is 2.17. The molecule has 1 amide bonds. The van der Waals surface area contributed by atoms with Crippen LogP contribution in [0, 0.1) is 5.92 Å². The molecule has 5 heteroatoms. The lowest BCUT2D eigenvalue weighted by Gasteiger charge is -2.24. The van der Waals surface area contributed by atoms with Crippen LogP contribution in [-0.2, 0) is 0 Å². The van der Waals surface area contributed by atoms with Crippen LogP contribution in [0.2, 0.25) is 0 Å². The van der Waals surface area contributed by atoms with Crippen LogP contribution in [0.25, 0.3) is 0 Å². The van der Waals surface area contributed by atoms with Gasteiger partial charge in [-0.25, -0.2) is 4.98 Å². The first-order chi connectivity index (χ1) is 10.1. The van der Waals surface area contributed by atoms with Crippen LogP contribution in [0.3, 0.4) is 0 Å². The third-order valence-electron chi connectivity index (χ3n) is 4.21. The van der Waals surface area contributed by atoms with Gasteiger partial charge < -0.3 is 9.80 Å². The molecule has 0 radical (unpaired) electrons. The zero-order chi connectivity index (χ0) is 15.4. The van der Waals surface area contributed by atoms with Crippen molar-refractivity contribution >= 4 is 17.7 Å². The zero-order valence-electron chi connectivity index (χ0n) is 13.4. The summed E-state index contributed by atoms with van der Waals surface area (Å²) >= 11 is 1.53. The van der Waals surface area contributed by atoms with Crippen molar-refractivity contribution in [1.82, 2.24) is 14.8 Å². The number of rotatable bonds is 5. The monoisotopic (exact) mass is 307 g/mol. The quantitative estimate of drug-likeness (QED) is 0.784. The average Bonchev–Trinajstić information content (AvgIpc) is 2.91. The van der Waals surface area contributed by atoms with Crippen molar-refractivity contribution in [1.29, 1.82) is 0 Å². The van der Waals surface area contributed by atoms with E-state index in [9.17, 15) is 4.79 Å². The summed E-state index contributed by atoms with van der Waals surface area (Å²) in [4.78, 5) is 21.4. The molecule has 2 atom stereocenters. The Kier molecular flexibility index (Phi) is 5.65. The van der Waals surface area contributed by atoms with Crippen molar-refractivity contribution in [2.24, 2.45) is 5.92 Å². The van der Waals surface area contributed by atoms with E-state index in [1.165, 1.54) is 24.6 Å². The van der Waals surface area contributed by atoms with Gasteiger partial charge in [0.05, 0.1) is 5.56 Å². The normalized spacial score (nSPS) is 22.0. The molecule has 4 nitrogen and oxygen atoms in total. The van der Waals surface area contributed by atoms with Gasteiger partial charge in [-0.2, -0.15) is 0 Å². The first-order valence-corrected chi connectivity index (χ1v) is 8.75. The van der Waals surface area contributed by atoms with Gasteiger partial charge >= 0.3 is 0 Å². The van der Waals surface area contributed by atoms with Crippen LogP contribution in [0.4, 0.5) is 0 Å². The number of pyridine rings is 1. The summed E-state index contributed by atoms with van der Waals surface area (Å²) in [6.45, 7) is 3.89. The van der Waals surface area contributed by atoms with Gasteiger partial charge in [-0.05, 0) is 44.8 Å². The number of carbonyl (C=O) groups excluding carboxylic acids is 1. The molecule has 21 heavy (non-hydrogen) atoms. The topological polar surface area (TPSA) is 36.4 Å². The molecule has 1 aromatic rings. The summed E-state index contributed by atoms with van der Waals surface area (Å²) in [6, 6.07) is 4.19. The summed E-state index contributed by atoms with van der Waals surface area (Å²) in [5, 5.41) is 0.822. The Morgan fingerprint density at radius 3 is 2.86 bits per heavy atom. The number of likely N-dealkylation sites (N-methyl/N-ethyl adjacent to an activating group) is 1. The molecule has 0 bridgehead atoms. The zero-order valence-corrected chi connectivity index (χ0v) is 14.2. The standard InChI is InChI=1S/C16H25N3OS/c1-5-7-12-10-19(11-14(12)18(2)3)16(20)13-8-6-9-17-15(13)21-4/h6,8-9,12,14H,5,7,10-11H2,1-4H3. The van der Waals surface area contributed by atoms with Gasteiger partial charge in [-0.3, -0.25) is 4.79 Å². The maximum atomic E-state index is 12.8. The SMILES string of the molecule is CCCC1CN(C(=O)c2cccnc2SC)CC1N(C)C. The minimum absolute atomic E-state index is 0.123. The molecule has 2 unspecified atom stereocenters. The Hall–Kier alpha value is -1.07. The van der Waals surface area contributed by atoms with Crippen LogP contribution in [-0.4, -0.2) is 60.2 Å². The number of aromatic nitrogens is 1. The molecule has 1 aliphatic heterocycles. The lowest BCUT2D eigenvalue weighted by atomic mass is 9.98. The molecule has 0 saturated carbocycles. The van der Waals surface area contributed by atoms with Crippen molar-refractivity contribution in [3.05, 3.63) is 23.9 Å². The van der Waals surface area contributed by atoms with Gasteiger partial charge in [0.1, 0.15) is 5.03 Å². The van der Waals surface area contributed by atoms with E-state index in [-0.39, 0.29) is 5.91 Å². The van der Waals surface area contributed by atoms with Crippen LogP contribution < -0.4 is 0 Å². The Bertz CT molecular complexity index is 492. The summed E-state index contributed by atoms with van der Waals surface area (Å²) in [7, 11) is 4.22. The van der Waals surface area contributed by atoms with E-state index < -0.39 is 0 Å². The number of amides is 1. The smallest absolute Gasteiger partial charge is 0.256 e. The predicted octanol–water partition coefficient (Wildman–Crippen LogP) is 2.61. The summed E-state index contributed by atoms with van der Waals surface area (Å²) < 4.78 is 0. The van der Waals surface area contributed by atoms with Gasteiger partial charge in [-0.15, -0.1) is 11.8 Å². The summed E-state index contributed by atoms with van der Waals surface area (Å²) in [5.41, 5.74) is 0.736. The van der Waals surface area contributed by atoms with E-state index in [1.807, 2.05) is 23.3 Å². The average molecular weight is 307 g/mol. The minimum atomic E-state index is 0.123. The van der Waals surface area contributed by atoms with E-state index >= 15 is 0 Å². The lowest BCUT2D eigenvalue weighted by molar-refractivity contribution is 0.0776. The third-order valence-corrected chi connectivity index (χ3v) is 4.92. The first-order valence-electron chi connectivity index (χ1n) is 7.53. The van der Waals surface area contributed by atoms with Crippen molar-refractivity contribution < 1.29 is 4.79 Å². The van der Waals surface area contributed by atoms with E-state index in [1.54, 1.807) is 6.20 Å². The van der Waals surface area contributed by atoms with E-state index in [0.29, 0.717) is 12.0 Å². The molecule has 2 rings (SSSR count). The van der Waals surface area contributed by atoms with Gasteiger partial charge in [0, 0.05) is 25.3 Å². The number of likely N-dealkylation sites (tertiary alicyclic amines) is 1. The maximum absolute atomic E-state index is 12.8. The van der Waals surface area contributed by atoms with Crippen molar-refractivity contribution in [3.63, 3.8) is 0 Å². The summed E-state index contributed by atoms with van der Waals surface area (Å²) in [6.07, 6.45) is 6.05. The highest BCUT2D eigenvalue weighted by atomic mass is 32.2. The van der Waals surface area contributed by atoms with Crippen LogP contribution >= 0.6 is 11.8 Å². The predicted molar refractivity (Wildman–Crippen MR) is 87.8 cm³/mol. The molecule has 1 aliphatic rings. The molecule has 2 heterocycles. The fourth-order valence-electron chi connectivity index (χ4n) is 3.15. The fourth-order valence-corrected chi connectivity index (χ4v) is 3.69. The number of hydrogen-bond acceptors (Lipinski definition) is 4. The second-order valence-electron chi connectivity index (χ2n) is 5.85. The van der Waals surface area contributed by atoms with Crippen molar-refractivity contribution in [2.75, 3.05) is 33.4 Å². The number of thioether (sulfide) groups is 1. The number of nitrogens with zero attached hydrogens (tertiary/aromatic N) is 3. The molecular formula is C16H25N3OS. The second kappa shape index (κ2) is 7.27. The molecule has 1 saturated heterocycles. The Labute approximate surface area is 131 Å². The fraction of sp³-hybridized carbons (Fsp3) is 0.625. The van der Waals surface area contributed by atoms with Crippen LogP contribution in [0.15, 0.2) is 23.4 Å². The van der Waals surface area contributed by atoms with Gasteiger partial charge in [0.15, 0.2) is 0 Å². The molecule has 1 aromatic heterocycles. The maximum Gasteiger partial charge on any atom is 0.256 e. The summed E-state index contributed by atoms with van der Waals surface area (Å²) in [5.74, 6) is 0.696. The molecule has 0 spiro atoms. The minimum Gasteiger partial charge on any atom is -0.337 e. The molecule has 0 aliphatic carbocycles. The highest BCUT2D eigenvalue weighted by molar-refractivity contribution is 7.98. The van der Waals surface area contributed by atoms with Gasteiger partial charge in [-0.1, -0.05) is 13.3 Å². The molecule has 0 aromatic carbocycles. The van der Waals surface area contributed by atoms with Gasteiger partial charge in [0.2, 0.25) is 0 Å². The van der Waals surface area contributed by atoms with Crippen LogP contribution in [0.5, 0.6) is 0 Å². The second-order valence-corrected chi connectivity index (χ2v) is 6.65. The Morgan fingerprint density at radius 1 is 1.48 bits per heavy atom. The molecule has 0 N–H and O–H groups in total. The van der Waals surface area contributed by atoms with Crippen LogP contribution in [0.1, 0.15) is 30.1 Å². The van der Waals surface area contributed by atoms with E-state index in [0.717, 1.165) is 23.7 Å². The van der Waals surface area contributed by atoms with Crippen molar-refractivity contribution in [3.8, 4) is 0 Å². The highest BCUT2D eigenvalue weighted by Crippen LogP contribution is 2.27. The Morgan fingerprint density at radius 2 is 2.24 bits per heavy atom. The van der Waals surface area contributed by atoms with Crippen molar-refractivity contribution in [2.45, 2.75) is 30.8 Å².